The number of hydrogen-bond donors (Lipinski definition) is 1. The summed E-state index contributed by atoms with van der Waals surface area (Å²) in [6.45, 7) is 6.08. The number of ether oxygens (including phenoxy) is 1. The molecule has 2 aromatic rings. The van der Waals surface area contributed by atoms with Gasteiger partial charge in [0, 0.05) is 13.1 Å². The normalized spacial score (nSPS) is 11.6. The molecule has 28 heavy (non-hydrogen) atoms. The Kier molecular flexibility index (Phi) is 7.99. The lowest BCUT2D eigenvalue weighted by Crippen LogP contribution is -2.49. The summed E-state index contributed by atoms with van der Waals surface area (Å²) < 4.78 is 19.1. The lowest BCUT2D eigenvalue weighted by Gasteiger charge is -2.28. The highest BCUT2D eigenvalue weighted by Crippen LogP contribution is 2.16. The smallest absolute Gasteiger partial charge is 0.261 e. The van der Waals surface area contributed by atoms with Gasteiger partial charge in [0.15, 0.2) is 18.2 Å². The zero-order valence-electron chi connectivity index (χ0n) is 16.6. The fraction of sp³-hybridized carbons (Fsp3) is 0.364. The van der Waals surface area contributed by atoms with Crippen LogP contribution in [0.15, 0.2) is 48.5 Å². The maximum absolute atomic E-state index is 13.7. The van der Waals surface area contributed by atoms with E-state index in [0.717, 1.165) is 17.5 Å². The Hall–Kier alpha value is -2.89. The summed E-state index contributed by atoms with van der Waals surface area (Å²) in [5.74, 6) is -1.14. The van der Waals surface area contributed by atoms with E-state index in [1.165, 1.54) is 17.0 Å². The molecule has 0 aliphatic carbocycles. The molecule has 0 aliphatic rings. The molecule has 0 spiro atoms. The molecule has 5 nitrogen and oxygen atoms in total. The highest BCUT2D eigenvalue weighted by Gasteiger charge is 2.26. The number of carbonyl (C=O) groups excluding carboxylic acids is 2. The molecule has 2 aromatic carbocycles. The van der Waals surface area contributed by atoms with E-state index in [1.807, 2.05) is 38.1 Å². The quantitative estimate of drug-likeness (QED) is 0.718. The van der Waals surface area contributed by atoms with E-state index in [-0.39, 0.29) is 30.7 Å². The van der Waals surface area contributed by atoms with E-state index >= 15 is 0 Å². The number of nitrogens with one attached hydrogen (secondary N) is 1. The summed E-state index contributed by atoms with van der Waals surface area (Å²) in [4.78, 5) is 26.7. The molecule has 6 heteroatoms. The van der Waals surface area contributed by atoms with Crippen LogP contribution in [0.25, 0.3) is 0 Å². The first-order chi connectivity index (χ1) is 13.4. The number of carbonyl (C=O) groups is 2. The van der Waals surface area contributed by atoms with Gasteiger partial charge in [0.05, 0.1) is 0 Å². The third kappa shape index (κ3) is 6.08. The summed E-state index contributed by atoms with van der Waals surface area (Å²) in [6.07, 6.45) is 0.806. The van der Waals surface area contributed by atoms with Gasteiger partial charge in [0.25, 0.3) is 5.91 Å². The van der Waals surface area contributed by atoms with Crippen LogP contribution in [0.1, 0.15) is 31.4 Å². The summed E-state index contributed by atoms with van der Waals surface area (Å²) in [5.41, 5.74) is 2.01. The van der Waals surface area contributed by atoms with Crippen molar-refractivity contribution < 1.29 is 18.7 Å². The molecule has 0 fully saturated rings. The van der Waals surface area contributed by atoms with Gasteiger partial charge in [-0.2, -0.15) is 0 Å². The average molecular weight is 386 g/mol. The Morgan fingerprint density at radius 1 is 1.14 bits per heavy atom. The van der Waals surface area contributed by atoms with Crippen molar-refractivity contribution in [1.29, 1.82) is 0 Å². The molecule has 1 atom stereocenters. The molecule has 0 aromatic heterocycles. The van der Waals surface area contributed by atoms with Crippen molar-refractivity contribution >= 4 is 11.8 Å². The summed E-state index contributed by atoms with van der Waals surface area (Å²) in [7, 11) is 0. The van der Waals surface area contributed by atoms with E-state index in [2.05, 4.69) is 5.32 Å². The maximum atomic E-state index is 13.7. The van der Waals surface area contributed by atoms with E-state index < -0.39 is 11.9 Å². The third-order valence-electron chi connectivity index (χ3n) is 4.38. The van der Waals surface area contributed by atoms with Crippen LogP contribution in [0, 0.1) is 12.7 Å². The van der Waals surface area contributed by atoms with Crippen LogP contribution in [-0.2, 0) is 16.1 Å². The molecule has 150 valence electrons. The van der Waals surface area contributed by atoms with Crippen LogP contribution in [0.3, 0.4) is 0 Å². The van der Waals surface area contributed by atoms with Gasteiger partial charge in [-0.25, -0.2) is 4.39 Å². The van der Waals surface area contributed by atoms with Gasteiger partial charge < -0.3 is 15.0 Å². The molecule has 0 heterocycles. The lowest BCUT2D eigenvalue weighted by molar-refractivity contribution is -0.142. The van der Waals surface area contributed by atoms with Crippen LogP contribution in [0.2, 0.25) is 0 Å². The minimum absolute atomic E-state index is 0.00854. The Labute approximate surface area is 165 Å². The number of para-hydroxylation sites is 1. The van der Waals surface area contributed by atoms with Gasteiger partial charge >= 0.3 is 0 Å². The molecular formula is C22H27FN2O3. The topological polar surface area (TPSA) is 58.6 Å². The van der Waals surface area contributed by atoms with E-state index in [4.69, 9.17) is 4.74 Å². The first-order valence-corrected chi connectivity index (χ1v) is 9.42. The predicted molar refractivity (Wildman–Crippen MR) is 106 cm³/mol. The Bertz CT molecular complexity index is 793. The monoisotopic (exact) mass is 386 g/mol. The number of halogens is 1. The predicted octanol–water partition coefficient (Wildman–Crippen LogP) is 3.46. The molecule has 2 rings (SSSR count). The largest absolute Gasteiger partial charge is 0.481 e. The highest BCUT2D eigenvalue weighted by atomic mass is 19.1. The summed E-state index contributed by atoms with van der Waals surface area (Å²) in [6, 6.07) is 13.0. The standard InChI is InChI=1S/C22H27FN2O3/c1-4-13-24-22(27)17(3)25(14-18-11-9-16(2)10-12-18)21(26)15-28-20-8-6-5-7-19(20)23/h5-12,17H,4,13-15H2,1-3H3,(H,24,27)/t17-/m0/s1. The van der Waals surface area contributed by atoms with Gasteiger partial charge in [-0.1, -0.05) is 48.9 Å². The summed E-state index contributed by atoms with van der Waals surface area (Å²) >= 11 is 0. The molecule has 0 saturated carbocycles. The van der Waals surface area contributed by atoms with E-state index in [1.54, 1.807) is 19.1 Å². The second-order valence-corrected chi connectivity index (χ2v) is 6.69. The van der Waals surface area contributed by atoms with Gasteiger partial charge in [-0.05, 0) is 38.0 Å². The Morgan fingerprint density at radius 3 is 2.46 bits per heavy atom. The first kappa shape index (κ1) is 21.4. The Morgan fingerprint density at radius 2 is 1.82 bits per heavy atom. The average Bonchev–Trinajstić information content (AvgIpc) is 2.70. The molecule has 0 bridgehead atoms. The second kappa shape index (κ2) is 10.4. The summed E-state index contributed by atoms with van der Waals surface area (Å²) in [5, 5.41) is 2.81. The van der Waals surface area contributed by atoms with Gasteiger partial charge in [-0.15, -0.1) is 0 Å². The van der Waals surface area contributed by atoms with Crippen molar-refractivity contribution in [2.24, 2.45) is 0 Å². The SMILES string of the molecule is CCCNC(=O)[C@H](C)N(Cc1ccc(C)cc1)C(=O)COc1ccccc1F. The fourth-order valence-corrected chi connectivity index (χ4v) is 2.65. The van der Waals surface area contributed by atoms with E-state index in [0.29, 0.717) is 6.54 Å². The molecule has 2 amide bonds. The van der Waals surface area contributed by atoms with Crippen LogP contribution >= 0.6 is 0 Å². The zero-order chi connectivity index (χ0) is 20.5. The third-order valence-corrected chi connectivity index (χ3v) is 4.38. The molecule has 0 saturated heterocycles. The number of rotatable bonds is 9. The Balaban J connectivity index is 2.13. The van der Waals surface area contributed by atoms with Crippen molar-refractivity contribution in [3.05, 3.63) is 65.5 Å². The lowest BCUT2D eigenvalue weighted by atomic mass is 10.1. The van der Waals surface area contributed by atoms with Crippen LogP contribution in [0.5, 0.6) is 5.75 Å². The first-order valence-electron chi connectivity index (χ1n) is 9.42. The van der Waals surface area contributed by atoms with Gasteiger partial charge in [-0.3, -0.25) is 9.59 Å². The number of nitrogens with zero attached hydrogens (tertiary/aromatic N) is 1. The zero-order valence-corrected chi connectivity index (χ0v) is 16.6. The van der Waals surface area contributed by atoms with Crippen molar-refractivity contribution in [1.82, 2.24) is 10.2 Å². The minimum atomic E-state index is -0.676. The number of aryl methyl sites for hydroxylation is 1. The maximum Gasteiger partial charge on any atom is 0.261 e. The van der Waals surface area contributed by atoms with E-state index in [9.17, 15) is 14.0 Å². The van der Waals surface area contributed by atoms with Crippen LogP contribution in [-0.4, -0.2) is 35.9 Å². The van der Waals surface area contributed by atoms with Gasteiger partial charge in [0.2, 0.25) is 5.91 Å². The van der Waals surface area contributed by atoms with Crippen LogP contribution < -0.4 is 10.1 Å². The van der Waals surface area contributed by atoms with Crippen molar-refractivity contribution in [3.63, 3.8) is 0 Å². The molecule has 0 aliphatic heterocycles. The van der Waals surface area contributed by atoms with Gasteiger partial charge in [0.1, 0.15) is 6.04 Å². The van der Waals surface area contributed by atoms with Crippen molar-refractivity contribution in [3.8, 4) is 5.75 Å². The molecular weight excluding hydrogens is 359 g/mol. The minimum Gasteiger partial charge on any atom is -0.481 e. The van der Waals surface area contributed by atoms with Crippen molar-refractivity contribution in [2.75, 3.05) is 13.2 Å². The number of hydrogen-bond acceptors (Lipinski definition) is 3. The van der Waals surface area contributed by atoms with Crippen LogP contribution in [0.4, 0.5) is 4.39 Å². The highest BCUT2D eigenvalue weighted by molar-refractivity contribution is 5.87. The fourth-order valence-electron chi connectivity index (χ4n) is 2.65. The molecule has 0 unspecified atom stereocenters. The van der Waals surface area contributed by atoms with Crippen molar-refractivity contribution in [2.45, 2.75) is 39.8 Å². The molecule has 1 N–H and O–H groups in total. The number of amides is 2. The number of benzene rings is 2. The second-order valence-electron chi connectivity index (χ2n) is 6.69. The molecule has 0 radical (unpaired) electrons.